The molecule has 0 unspecified atom stereocenters. The fourth-order valence-corrected chi connectivity index (χ4v) is 2.71. The molecule has 3 rings (SSSR count). The lowest BCUT2D eigenvalue weighted by atomic mass is 10.1. The summed E-state index contributed by atoms with van der Waals surface area (Å²) in [7, 11) is 0. The molecule has 146 valence electrons. The number of hydrogen-bond acceptors (Lipinski definition) is 7. The lowest BCUT2D eigenvalue weighted by Gasteiger charge is -2.27. The standard InChI is InChI=1S/C19H25N3O5/c1-3-10-24-19-22-21-18(27-19)16-9-6-14(11-26-16)20-17(23)12-25-15-7-4-13(2)5-8-15/h4-5,7-8,14,16H,3,6,9-12H2,1-2H3,(H,20,23)/t14-,16+/m1/s1. The smallest absolute Gasteiger partial charge is 0.414 e. The molecule has 1 aromatic heterocycles. The van der Waals surface area contributed by atoms with Crippen LogP contribution in [0.1, 0.15) is 43.7 Å². The molecule has 8 heteroatoms. The van der Waals surface area contributed by atoms with Gasteiger partial charge in [0.25, 0.3) is 5.91 Å². The highest BCUT2D eigenvalue weighted by atomic mass is 16.6. The molecule has 2 heterocycles. The van der Waals surface area contributed by atoms with E-state index in [0.717, 1.165) is 18.4 Å². The molecule has 0 radical (unpaired) electrons. The number of aromatic nitrogens is 2. The average molecular weight is 375 g/mol. The van der Waals surface area contributed by atoms with Gasteiger partial charge in [-0.3, -0.25) is 4.79 Å². The van der Waals surface area contributed by atoms with Gasteiger partial charge < -0.3 is 23.9 Å². The van der Waals surface area contributed by atoms with Crippen molar-refractivity contribution in [3.05, 3.63) is 35.7 Å². The topological polar surface area (TPSA) is 95.7 Å². The van der Waals surface area contributed by atoms with Crippen LogP contribution in [-0.4, -0.2) is 42.0 Å². The van der Waals surface area contributed by atoms with Gasteiger partial charge in [0.15, 0.2) is 6.61 Å². The van der Waals surface area contributed by atoms with Gasteiger partial charge in [0.2, 0.25) is 5.89 Å². The molecule has 1 aliphatic rings. The van der Waals surface area contributed by atoms with Crippen LogP contribution in [-0.2, 0) is 9.53 Å². The van der Waals surface area contributed by atoms with Crippen LogP contribution in [0, 0.1) is 6.92 Å². The maximum atomic E-state index is 12.1. The Bertz CT molecular complexity index is 723. The van der Waals surface area contributed by atoms with Gasteiger partial charge in [-0.15, -0.1) is 5.10 Å². The van der Waals surface area contributed by atoms with Crippen molar-refractivity contribution in [2.24, 2.45) is 0 Å². The van der Waals surface area contributed by atoms with Gasteiger partial charge in [0.05, 0.1) is 19.3 Å². The Morgan fingerprint density at radius 3 is 2.74 bits per heavy atom. The quantitative estimate of drug-likeness (QED) is 0.757. The van der Waals surface area contributed by atoms with Crippen LogP contribution in [0.5, 0.6) is 11.8 Å². The first kappa shape index (κ1) is 19.2. The predicted octanol–water partition coefficient (Wildman–Crippen LogP) is 2.58. The molecular formula is C19H25N3O5. The fourth-order valence-electron chi connectivity index (χ4n) is 2.71. The summed E-state index contributed by atoms with van der Waals surface area (Å²) in [5, 5.41) is 10.7. The molecule has 0 bridgehead atoms. The molecule has 2 atom stereocenters. The maximum absolute atomic E-state index is 12.1. The first-order valence-corrected chi connectivity index (χ1v) is 9.20. The second-order valence-corrected chi connectivity index (χ2v) is 6.52. The van der Waals surface area contributed by atoms with Crippen molar-refractivity contribution in [3.63, 3.8) is 0 Å². The monoisotopic (exact) mass is 375 g/mol. The SMILES string of the molecule is CCCOc1nnc([C@@H]2CC[C@@H](NC(=O)COc3ccc(C)cc3)CO2)o1. The third-order valence-electron chi connectivity index (χ3n) is 4.16. The normalized spacial score (nSPS) is 19.5. The van der Waals surface area contributed by atoms with E-state index in [9.17, 15) is 4.79 Å². The Labute approximate surface area is 158 Å². The van der Waals surface area contributed by atoms with Crippen LogP contribution in [0.2, 0.25) is 0 Å². The molecular weight excluding hydrogens is 350 g/mol. The molecule has 0 saturated carbocycles. The maximum Gasteiger partial charge on any atom is 0.414 e. The third-order valence-corrected chi connectivity index (χ3v) is 4.16. The third kappa shape index (κ3) is 5.68. The van der Waals surface area contributed by atoms with Crippen molar-refractivity contribution in [2.75, 3.05) is 19.8 Å². The first-order chi connectivity index (χ1) is 13.1. The van der Waals surface area contributed by atoms with Crippen molar-refractivity contribution in [1.82, 2.24) is 15.5 Å². The summed E-state index contributed by atoms with van der Waals surface area (Å²) in [5.74, 6) is 0.914. The van der Waals surface area contributed by atoms with E-state index < -0.39 is 0 Å². The van der Waals surface area contributed by atoms with Crippen molar-refractivity contribution in [1.29, 1.82) is 0 Å². The van der Waals surface area contributed by atoms with Crippen molar-refractivity contribution in [3.8, 4) is 11.8 Å². The van der Waals surface area contributed by atoms with Crippen LogP contribution < -0.4 is 14.8 Å². The van der Waals surface area contributed by atoms with Crippen LogP contribution in [0.3, 0.4) is 0 Å². The number of nitrogens with one attached hydrogen (secondary N) is 1. The molecule has 1 saturated heterocycles. The zero-order valence-electron chi connectivity index (χ0n) is 15.6. The van der Waals surface area contributed by atoms with Gasteiger partial charge in [-0.05, 0) is 38.3 Å². The number of carbonyl (C=O) groups is 1. The molecule has 27 heavy (non-hydrogen) atoms. The van der Waals surface area contributed by atoms with Crippen molar-refractivity contribution < 1.29 is 23.4 Å². The second kappa shape index (κ2) is 9.36. The molecule has 1 N–H and O–H groups in total. The van der Waals surface area contributed by atoms with E-state index >= 15 is 0 Å². The van der Waals surface area contributed by atoms with E-state index in [4.69, 9.17) is 18.6 Å². The van der Waals surface area contributed by atoms with Gasteiger partial charge in [0, 0.05) is 0 Å². The average Bonchev–Trinajstić information content (AvgIpc) is 3.15. The van der Waals surface area contributed by atoms with E-state index in [-0.39, 0.29) is 30.7 Å². The number of carbonyl (C=O) groups excluding carboxylic acids is 1. The Hall–Kier alpha value is -2.61. The van der Waals surface area contributed by atoms with Crippen molar-refractivity contribution in [2.45, 2.75) is 45.3 Å². The lowest BCUT2D eigenvalue weighted by Crippen LogP contribution is -2.43. The molecule has 1 aromatic carbocycles. The van der Waals surface area contributed by atoms with Crippen LogP contribution in [0.25, 0.3) is 0 Å². The molecule has 1 fully saturated rings. The summed E-state index contributed by atoms with van der Waals surface area (Å²) < 4.78 is 22.0. The molecule has 1 amide bonds. The summed E-state index contributed by atoms with van der Waals surface area (Å²) in [6, 6.07) is 7.52. The summed E-state index contributed by atoms with van der Waals surface area (Å²) in [6.07, 6.45) is 2.20. The highest BCUT2D eigenvalue weighted by Crippen LogP contribution is 2.28. The minimum atomic E-state index is -0.270. The Morgan fingerprint density at radius 2 is 2.04 bits per heavy atom. The fraction of sp³-hybridized carbons (Fsp3) is 0.526. The molecule has 1 aliphatic heterocycles. The van der Waals surface area contributed by atoms with Crippen molar-refractivity contribution >= 4 is 5.91 Å². The number of aryl methyl sites for hydroxylation is 1. The summed E-state index contributed by atoms with van der Waals surface area (Å²) in [4.78, 5) is 12.1. The zero-order valence-corrected chi connectivity index (χ0v) is 15.6. The lowest BCUT2D eigenvalue weighted by molar-refractivity contribution is -0.125. The van der Waals surface area contributed by atoms with Gasteiger partial charge >= 0.3 is 6.08 Å². The molecule has 0 spiro atoms. The summed E-state index contributed by atoms with van der Waals surface area (Å²) in [5.41, 5.74) is 1.14. The Morgan fingerprint density at radius 1 is 1.22 bits per heavy atom. The number of nitrogens with zero attached hydrogens (tertiary/aromatic N) is 2. The highest BCUT2D eigenvalue weighted by molar-refractivity contribution is 5.77. The van der Waals surface area contributed by atoms with E-state index in [1.165, 1.54) is 0 Å². The van der Waals surface area contributed by atoms with Gasteiger partial charge in [-0.2, -0.15) is 0 Å². The van der Waals surface area contributed by atoms with Crippen LogP contribution in [0.15, 0.2) is 28.7 Å². The Balaban J connectivity index is 1.39. The van der Waals surface area contributed by atoms with Gasteiger partial charge in [-0.1, -0.05) is 29.7 Å². The van der Waals surface area contributed by atoms with Crippen LogP contribution in [0.4, 0.5) is 0 Å². The number of benzene rings is 1. The highest BCUT2D eigenvalue weighted by Gasteiger charge is 2.28. The van der Waals surface area contributed by atoms with Gasteiger partial charge in [0.1, 0.15) is 11.9 Å². The molecule has 0 aliphatic carbocycles. The number of rotatable bonds is 8. The van der Waals surface area contributed by atoms with E-state index in [0.29, 0.717) is 31.3 Å². The largest absolute Gasteiger partial charge is 0.484 e. The number of hydrogen-bond donors (Lipinski definition) is 1. The molecule has 8 nitrogen and oxygen atoms in total. The number of amides is 1. The first-order valence-electron chi connectivity index (χ1n) is 9.20. The zero-order chi connectivity index (χ0) is 19.1. The van der Waals surface area contributed by atoms with E-state index in [1.54, 1.807) is 0 Å². The summed E-state index contributed by atoms with van der Waals surface area (Å²) >= 11 is 0. The minimum absolute atomic E-state index is 0.0230. The van der Waals surface area contributed by atoms with Gasteiger partial charge in [-0.25, -0.2) is 0 Å². The second-order valence-electron chi connectivity index (χ2n) is 6.52. The van der Waals surface area contributed by atoms with E-state index in [1.807, 2.05) is 38.1 Å². The summed E-state index contributed by atoms with van der Waals surface area (Å²) in [6.45, 7) is 4.90. The number of ether oxygens (including phenoxy) is 3. The molecule has 2 aromatic rings. The predicted molar refractivity (Wildman–Crippen MR) is 96.6 cm³/mol. The Kier molecular flexibility index (Phi) is 6.64. The van der Waals surface area contributed by atoms with Crippen LogP contribution >= 0.6 is 0 Å². The van der Waals surface area contributed by atoms with E-state index in [2.05, 4.69) is 15.5 Å². The minimum Gasteiger partial charge on any atom is -0.484 e.